The molecule has 3 amide bonds. The molecule has 7 heteroatoms. The smallest absolute Gasteiger partial charge is 0.408 e. The summed E-state index contributed by atoms with van der Waals surface area (Å²) in [6, 6.07) is 4.90. The number of alkyl carbamates (subject to hydrolysis) is 1. The van der Waals surface area contributed by atoms with E-state index in [2.05, 4.69) is 24.5 Å². The van der Waals surface area contributed by atoms with Crippen molar-refractivity contribution in [1.82, 2.24) is 15.5 Å². The van der Waals surface area contributed by atoms with Gasteiger partial charge in [0.1, 0.15) is 18.2 Å². The Morgan fingerprint density at radius 1 is 0.914 bits per heavy atom. The minimum atomic E-state index is -0.831. The number of amides is 3. The number of rotatable bonds is 9. The number of carbonyl (C=O) groups excluding carboxylic acids is 3. The molecule has 0 aliphatic rings. The van der Waals surface area contributed by atoms with Gasteiger partial charge in [-0.2, -0.15) is 0 Å². The lowest BCUT2D eigenvalue weighted by Gasteiger charge is -2.38. The minimum Gasteiger partial charge on any atom is -0.444 e. The van der Waals surface area contributed by atoms with E-state index >= 15 is 0 Å². The molecule has 2 atom stereocenters. The van der Waals surface area contributed by atoms with Gasteiger partial charge in [0, 0.05) is 11.6 Å². The summed E-state index contributed by atoms with van der Waals surface area (Å²) in [5, 5.41) is 5.63. The quantitative estimate of drug-likeness (QED) is 0.484. The molecule has 7 nitrogen and oxygen atoms in total. The maximum atomic E-state index is 13.7. The van der Waals surface area contributed by atoms with Crippen molar-refractivity contribution in [3.8, 4) is 0 Å². The molecular formula is C28H47N3O4. The molecule has 0 aliphatic heterocycles. The monoisotopic (exact) mass is 489 g/mol. The molecule has 35 heavy (non-hydrogen) atoms. The Morgan fingerprint density at radius 3 is 1.91 bits per heavy atom. The highest BCUT2D eigenvalue weighted by Gasteiger charge is 2.36. The number of nitrogens with zero attached hydrogens (tertiary/aromatic N) is 1. The van der Waals surface area contributed by atoms with Crippen LogP contribution >= 0.6 is 0 Å². The number of hydrogen-bond acceptors (Lipinski definition) is 4. The van der Waals surface area contributed by atoms with Gasteiger partial charge < -0.3 is 20.3 Å². The fraction of sp³-hybridized carbons (Fsp3) is 0.679. The van der Waals surface area contributed by atoms with E-state index < -0.39 is 23.3 Å². The molecule has 0 saturated carbocycles. The molecule has 1 aromatic carbocycles. The molecule has 0 heterocycles. The van der Waals surface area contributed by atoms with Gasteiger partial charge in [0.2, 0.25) is 11.8 Å². The zero-order chi connectivity index (χ0) is 27.1. The van der Waals surface area contributed by atoms with Crippen molar-refractivity contribution in [2.45, 2.75) is 112 Å². The van der Waals surface area contributed by atoms with Gasteiger partial charge in [-0.15, -0.1) is 0 Å². The van der Waals surface area contributed by atoms with Gasteiger partial charge in [-0.1, -0.05) is 43.2 Å². The summed E-state index contributed by atoms with van der Waals surface area (Å²) >= 11 is 0. The molecule has 2 N–H and O–H groups in total. The summed E-state index contributed by atoms with van der Waals surface area (Å²) in [6.45, 7) is 21.0. The van der Waals surface area contributed by atoms with Crippen molar-refractivity contribution < 1.29 is 19.1 Å². The van der Waals surface area contributed by atoms with E-state index in [1.165, 1.54) is 0 Å². The highest BCUT2D eigenvalue weighted by atomic mass is 16.6. The van der Waals surface area contributed by atoms with Crippen LogP contribution in [0.2, 0.25) is 0 Å². The SMILES string of the molecule is Cc1cc(C)cc(C(C(=O)NC(C)(C)C)N(C(=O)CNC(=O)OC(C)(C)C)C(C)CCC(C)C)c1. The average Bonchev–Trinajstić information content (AvgIpc) is 2.64. The van der Waals surface area contributed by atoms with Gasteiger partial charge >= 0.3 is 6.09 Å². The molecule has 0 radical (unpaired) electrons. The topological polar surface area (TPSA) is 87.7 Å². The van der Waals surface area contributed by atoms with Crippen LogP contribution in [0.3, 0.4) is 0 Å². The first-order valence-corrected chi connectivity index (χ1v) is 12.6. The lowest BCUT2D eigenvalue weighted by molar-refractivity contribution is -0.143. The van der Waals surface area contributed by atoms with E-state index in [1.807, 2.05) is 59.7 Å². The number of carbonyl (C=O) groups is 3. The third-order valence-electron chi connectivity index (χ3n) is 5.29. The second-order valence-electron chi connectivity index (χ2n) is 12.0. The number of benzene rings is 1. The van der Waals surface area contributed by atoms with Gasteiger partial charge in [0.05, 0.1) is 0 Å². The van der Waals surface area contributed by atoms with Crippen molar-refractivity contribution >= 4 is 17.9 Å². The molecule has 0 aliphatic carbocycles. The van der Waals surface area contributed by atoms with Crippen LogP contribution in [0.1, 0.15) is 97.9 Å². The molecule has 0 fully saturated rings. The van der Waals surface area contributed by atoms with Crippen molar-refractivity contribution in [3.63, 3.8) is 0 Å². The van der Waals surface area contributed by atoms with Gasteiger partial charge in [-0.3, -0.25) is 9.59 Å². The van der Waals surface area contributed by atoms with Gasteiger partial charge in [-0.05, 0) is 86.6 Å². The van der Waals surface area contributed by atoms with Gasteiger partial charge in [0.15, 0.2) is 0 Å². The average molecular weight is 490 g/mol. The fourth-order valence-corrected chi connectivity index (χ4v) is 3.96. The minimum absolute atomic E-state index is 0.220. The molecule has 0 aromatic heterocycles. The van der Waals surface area contributed by atoms with Crippen molar-refractivity contribution in [3.05, 3.63) is 34.9 Å². The second kappa shape index (κ2) is 12.4. The Bertz CT molecular complexity index is 861. The van der Waals surface area contributed by atoms with Crippen molar-refractivity contribution in [1.29, 1.82) is 0 Å². The molecule has 198 valence electrons. The number of ether oxygens (including phenoxy) is 1. The van der Waals surface area contributed by atoms with E-state index in [9.17, 15) is 14.4 Å². The van der Waals surface area contributed by atoms with Crippen LogP contribution in [-0.4, -0.2) is 46.5 Å². The van der Waals surface area contributed by atoms with Gasteiger partial charge in [0.25, 0.3) is 0 Å². The van der Waals surface area contributed by atoms with Crippen LogP contribution in [0.15, 0.2) is 18.2 Å². The third-order valence-corrected chi connectivity index (χ3v) is 5.29. The van der Waals surface area contributed by atoms with Crippen LogP contribution in [0.5, 0.6) is 0 Å². The van der Waals surface area contributed by atoms with E-state index in [1.54, 1.807) is 25.7 Å². The maximum Gasteiger partial charge on any atom is 0.408 e. The Balaban J connectivity index is 3.44. The summed E-state index contributed by atoms with van der Waals surface area (Å²) in [4.78, 5) is 41.2. The lowest BCUT2D eigenvalue weighted by atomic mass is 9.95. The predicted octanol–water partition coefficient (Wildman–Crippen LogP) is 5.44. The van der Waals surface area contributed by atoms with Gasteiger partial charge in [-0.25, -0.2) is 4.79 Å². The normalized spacial score (nSPS) is 13.7. The first-order chi connectivity index (χ1) is 15.9. The first kappa shape index (κ1) is 30.5. The highest BCUT2D eigenvalue weighted by molar-refractivity contribution is 5.91. The summed E-state index contributed by atoms with van der Waals surface area (Å²) < 4.78 is 5.30. The van der Waals surface area contributed by atoms with Crippen molar-refractivity contribution in [2.24, 2.45) is 5.92 Å². The van der Waals surface area contributed by atoms with Crippen molar-refractivity contribution in [2.75, 3.05) is 6.54 Å². The second-order valence-corrected chi connectivity index (χ2v) is 12.0. The number of nitrogens with one attached hydrogen (secondary N) is 2. The predicted molar refractivity (Wildman–Crippen MR) is 141 cm³/mol. The van der Waals surface area contributed by atoms with E-state index in [0.29, 0.717) is 5.92 Å². The molecule has 1 rings (SSSR count). The van der Waals surface area contributed by atoms with E-state index in [4.69, 9.17) is 4.74 Å². The lowest BCUT2D eigenvalue weighted by Crippen LogP contribution is -2.53. The molecule has 1 aromatic rings. The summed E-state index contributed by atoms with van der Waals surface area (Å²) in [5.41, 5.74) is 1.64. The van der Waals surface area contributed by atoms with E-state index in [0.717, 1.165) is 29.5 Å². The summed E-state index contributed by atoms with van der Waals surface area (Å²) in [6.07, 6.45) is 0.980. The largest absolute Gasteiger partial charge is 0.444 e. The Labute approximate surface area is 212 Å². The van der Waals surface area contributed by atoms with Crippen LogP contribution in [0, 0.1) is 19.8 Å². The first-order valence-electron chi connectivity index (χ1n) is 12.6. The number of aryl methyl sites for hydroxylation is 2. The Kier molecular flexibility index (Phi) is 10.8. The van der Waals surface area contributed by atoms with E-state index in [-0.39, 0.29) is 24.4 Å². The van der Waals surface area contributed by atoms with Crippen LogP contribution < -0.4 is 10.6 Å². The summed E-state index contributed by atoms with van der Waals surface area (Å²) in [7, 11) is 0. The van der Waals surface area contributed by atoms with Crippen LogP contribution in [0.25, 0.3) is 0 Å². The third kappa shape index (κ3) is 11.1. The standard InChI is InChI=1S/C28H47N3O4/c1-18(2)12-13-21(5)31(23(32)17-29-26(34)35-28(9,10)11)24(25(33)30-27(6,7)8)22-15-19(3)14-20(4)16-22/h14-16,18,21,24H,12-13,17H2,1-11H3,(H,29,34)(H,30,33). The fourth-order valence-electron chi connectivity index (χ4n) is 3.96. The van der Waals surface area contributed by atoms with Crippen LogP contribution in [0.4, 0.5) is 4.79 Å². The molecular weight excluding hydrogens is 442 g/mol. The zero-order valence-corrected chi connectivity index (χ0v) is 23.7. The Morgan fingerprint density at radius 2 is 1.46 bits per heavy atom. The molecule has 0 bridgehead atoms. The molecule has 2 unspecified atom stereocenters. The van der Waals surface area contributed by atoms with Crippen LogP contribution in [-0.2, 0) is 14.3 Å². The molecule has 0 spiro atoms. The number of hydrogen-bond donors (Lipinski definition) is 2. The highest BCUT2D eigenvalue weighted by Crippen LogP contribution is 2.28. The zero-order valence-electron chi connectivity index (χ0n) is 23.7. The summed E-state index contributed by atoms with van der Waals surface area (Å²) in [5.74, 6) is -0.123. The Hall–Kier alpha value is -2.57. The maximum absolute atomic E-state index is 13.7. The molecule has 0 saturated heterocycles.